The van der Waals surface area contributed by atoms with Gasteiger partial charge in [-0.2, -0.15) is 14.7 Å². The first-order chi connectivity index (χ1) is 13.2. The number of halogens is 1. The van der Waals surface area contributed by atoms with Crippen LogP contribution < -0.4 is 0 Å². The Labute approximate surface area is 157 Å². The van der Waals surface area contributed by atoms with E-state index in [1.807, 2.05) is 18.2 Å². The summed E-state index contributed by atoms with van der Waals surface area (Å²) in [6, 6.07) is 16.2. The molecule has 0 fully saturated rings. The first-order valence-electron chi connectivity index (χ1n) is 8.28. The maximum atomic E-state index is 13.1. The van der Waals surface area contributed by atoms with Crippen molar-refractivity contribution in [2.24, 2.45) is 0 Å². The largest absolute Gasteiger partial charge is 0.274 e. The number of hydrogen-bond acceptors (Lipinski definition) is 5. The van der Waals surface area contributed by atoms with Gasteiger partial charge >= 0.3 is 0 Å². The number of aryl methyl sites for hydroxylation is 1. The number of rotatable bonds is 3. The molecule has 0 saturated carbocycles. The Bertz CT molecular complexity index is 1250. The van der Waals surface area contributed by atoms with Crippen LogP contribution in [-0.2, 0) is 0 Å². The zero-order valence-electron chi connectivity index (χ0n) is 14.2. The minimum atomic E-state index is -0.278. The monoisotopic (exact) mass is 376 g/mol. The van der Waals surface area contributed by atoms with Crippen LogP contribution in [0, 0.1) is 12.7 Å². The molecule has 132 valence electrons. The molecule has 2 aromatic carbocycles. The van der Waals surface area contributed by atoms with Gasteiger partial charge in [0.05, 0.1) is 5.69 Å². The summed E-state index contributed by atoms with van der Waals surface area (Å²) < 4.78 is 14.8. The second-order valence-electron chi connectivity index (χ2n) is 6.17. The molecule has 0 spiro atoms. The third-order valence-electron chi connectivity index (χ3n) is 4.21. The fourth-order valence-electron chi connectivity index (χ4n) is 2.88. The molecule has 0 bridgehead atoms. The van der Waals surface area contributed by atoms with Gasteiger partial charge in [-0.25, -0.2) is 4.39 Å². The van der Waals surface area contributed by atoms with Crippen LogP contribution in [0.5, 0.6) is 0 Å². The molecule has 3 heterocycles. The summed E-state index contributed by atoms with van der Waals surface area (Å²) in [5.74, 6) is 0.306. The zero-order chi connectivity index (χ0) is 18.4. The fraction of sp³-hybridized carbons (Fsp3) is 0.0526. The topological polar surface area (TPSA) is 71.8 Å². The number of nitrogens with one attached hydrogen (secondary N) is 1. The Morgan fingerprint density at radius 3 is 2.67 bits per heavy atom. The van der Waals surface area contributed by atoms with E-state index in [9.17, 15) is 4.39 Å². The highest BCUT2D eigenvalue weighted by atomic mass is 32.1. The van der Waals surface area contributed by atoms with E-state index in [2.05, 4.69) is 44.5 Å². The molecule has 0 saturated heterocycles. The van der Waals surface area contributed by atoms with Crippen molar-refractivity contribution in [1.29, 1.82) is 0 Å². The van der Waals surface area contributed by atoms with Crippen molar-refractivity contribution in [3.63, 3.8) is 0 Å². The van der Waals surface area contributed by atoms with Crippen molar-refractivity contribution >= 4 is 16.3 Å². The Morgan fingerprint density at radius 2 is 1.85 bits per heavy atom. The summed E-state index contributed by atoms with van der Waals surface area (Å²) in [6.07, 6.45) is 0. The highest BCUT2D eigenvalue weighted by molar-refractivity contribution is 7.19. The van der Waals surface area contributed by atoms with Crippen LogP contribution in [0.1, 0.15) is 5.56 Å². The molecular weight excluding hydrogens is 363 g/mol. The van der Waals surface area contributed by atoms with Gasteiger partial charge in [0.15, 0.2) is 0 Å². The molecule has 8 heteroatoms. The molecule has 5 rings (SSSR count). The minimum absolute atomic E-state index is 0.278. The summed E-state index contributed by atoms with van der Waals surface area (Å²) in [4.78, 5) is 0.708. The number of H-pyrrole nitrogens is 1. The van der Waals surface area contributed by atoms with E-state index in [4.69, 9.17) is 0 Å². The van der Waals surface area contributed by atoms with Gasteiger partial charge in [0.2, 0.25) is 10.8 Å². The molecule has 1 N–H and O–H groups in total. The molecule has 0 aliphatic carbocycles. The third-order valence-corrected chi connectivity index (χ3v) is 5.16. The van der Waals surface area contributed by atoms with E-state index < -0.39 is 0 Å². The SMILES string of the molecule is Cc1cccc(-c2nn3c(-c4cc(-c5ccc(F)cc5)n[nH]4)nnc3s2)c1. The van der Waals surface area contributed by atoms with Crippen LogP contribution in [0.2, 0.25) is 0 Å². The van der Waals surface area contributed by atoms with Gasteiger partial charge in [-0.3, -0.25) is 5.10 Å². The highest BCUT2D eigenvalue weighted by Crippen LogP contribution is 2.29. The molecule has 0 unspecified atom stereocenters. The van der Waals surface area contributed by atoms with E-state index in [1.54, 1.807) is 16.6 Å². The van der Waals surface area contributed by atoms with Gasteiger partial charge in [0, 0.05) is 11.1 Å². The van der Waals surface area contributed by atoms with Crippen molar-refractivity contribution in [2.75, 3.05) is 0 Å². The maximum absolute atomic E-state index is 13.1. The molecule has 0 radical (unpaired) electrons. The second-order valence-corrected chi connectivity index (χ2v) is 7.12. The molecule has 3 aromatic heterocycles. The van der Waals surface area contributed by atoms with Gasteiger partial charge < -0.3 is 0 Å². The Morgan fingerprint density at radius 1 is 1.00 bits per heavy atom. The number of aromatic amines is 1. The third kappa shape index (κ3) is 2.80. The number of nitrogens with zero attached hydrogens (tertiary/aromatic N) is 5. The molecule has 6 nitrogen and oxygen atoms in total. The van der Waals surface area contributed by atoms with Crippen molar-refractivity contribution in [2.45, 2.75) is 6.92 Å². The Balaban J connectivity index is 1.55. The average molecular weight is 376 g/mol. The second kappa shape index (κ2) is 6.10. The van der Waals surface area contributed by atoms with E-state index in [0.717, 1.165) is 16.1 Å². The summed E-state index contributed by atoms with van der Waals surface area (Å²) >= 11 is 1.48. The summed E-state index contributed by atoms with van der Waals surface area (Å²) in [5, 5.41) is 21.3. The van der Waals surface area contributed by atoms with Gasteiger partial charge in [0.1, 0.15) is 16.5 Å². The fourth-order valence-corrected chi connectivity index (χ4v) is 3.72. The molecule has 27 heavy (non-hydrogen) atoms. The normalized spacial score (nSPS) is 11.3. The van der Waals surface area contributed by atoms with Crippen LogP contribution in [-0.4, -0.2) is 30.0 Å². The minimum Gasteiger partial charge on any atom is -0.274 e. The maximum Gasteiger partial charge on any atom is 0.235 e. The quantitative estimate of drug-likeness (QED) is 0.508. The number of aromatic nitrogens is 6. The standard InChI is InChI=1S/C19H13FN6S/c1-11-3-2-4-13(9-11)18-25-26-17(23-24-19(26)27-18)16-10-15(21-22-16)12-5-7-14(20)8-6-12/h2-10H,1H3,(H,21,22). The summed E-state index contributed by atoms with van der Waals surface area (Å²) in [7, 11) is 0. The predicted octanol–water partition coefficient (Wildman–Crippen LogP) is 4.36. The summed E-state index contributed by atoms with van der Waals surface area (Å²) in [6.45, 7) is 2.05. The average Bonchev–Trinajstić information content (AvgIpc) is 3.37. The lowest BCUT2D eigenvalue weighted by atomic mass is 10.1. The van der Waals surface area contributed by atoms with Gasteiger partial charge in [-0.1, -0.05) is 35.1 Å². The predicted molar refractivity (Wildman–Crippen MR) is 102 cm³/mol. The molecule has 0 amide bonds. The van der Waals surface area contributed by atoms with Gasteiger partial charge in [-0.05, 0) is 43.3 Å². The lowest BCUT2D eigenvalue weighted by Gasteiger charge is -1.96. The number of fused-ring (bicyclic) bond motifs is 1. The van der Waals surface area contributed by atoms with E-state index in [0.29, 0.717) is 22.2 Å². The lowest BCUT2D eigenvalue weighted by Crippen LogP contribution is -1.91. The number of benzene rings is 2. The Hall–Kier alpha value is -3.39. The first-order valence-corrected chi connectivity index (χ1v) is 9.10. The molecule has 0 aliphatic rings. The van der Waals surface area contributed by atoms with Crippen LogP contribution in [0.4, 0.5) is 4.39 Å². The smallest absolute Gasteiger partial charge is 0.235 e. The van der Waals surface area contributed by atoms with E-state index >= 15 is 0 Å². The summed E-state index contributed by atoms with van der Waals surface area (Å²) in [5.41, 5.74) is 4.45. The molecule has 5 aromatic rings. The Kier molecular flexibility index (Phi) is 3.58. The van der Waals surface area contributed by atoms with Crippen molar-refractivity contribution in [1.82, 2.24) is 30.0 Å². The van der Waals surface area contributed by atoms with Crippen molar-refractivity contribution in [3.8, 4) is 33.3 Å². The van der Waals surface area contributed by atoms with E-state index in [1.165, 1.54) is 29.0 Å². The molecule has 0 atom stereocenters. The molecule has 0 aliphatic heterocycles. The number of hydrogen-bond donors (Lipinski definition) is 1. The van der Waals surface area contributed by atoms with Crippen LogP contribution in [0.3, 0.4) is 0 Å². The van der Waals surface area contributed by atoms with Gasteiger partial charge in [-0.15, -0.1) is 10.2 Å². The van der Waals surface area contributed by atoms with Crippen molar-refractivity contribution < 1.29 is 4.39 Å². The van der Waals surface area contributed by atoms with Crippen molar-refractivity contribution in [3.05, 3.63) is 66.0 Å². The first kappa shape index (κ1) is 15.8. The van der Waals surface area contributed by atoms with Crippen LogP contribution in [0.15, 0.2) is 54.6 Å². The highest BCUT2D eigenvalue weighted by Gasteiger charge is 2.17. The van der Waals surface area contributed by atoms with Crippen LogP contribution in [0.25, 0.3) is 38.3 Å². The zero-order valence-corrected chi connectivity index (χ0v) is 15.0. The van der Waals surface area contributed by atoms with E-state index in [-0.39, 0.29) is 5.82 Å². The lowest BCUT2D eigenvalue weighted by molar-refractivity contribution is 0.628. The van der Waals surface area contributed by atoms with Gasteiger partial charge in [0.25, 0.3) is 0 Å². The molecular formula is C19H13FN6S. The van der Waals surface area contributed by atoms with Crippen LogP contribution >= 0.6 is 11.3 Å².